The highest BCUT2D eigenvalue weighted by atomic mass is 35.5. The third-order valence-corrected chi connectivity index (χ3v) is 7.01. The molecule has 2 aromatic heterocycles. The molecule has 0 radical (unpaired) electrons. The lowest BCUT2D eigenvalue weighted by Gasteiger charge is -2.09. The largest absolute Gasteiger partial charge is 0.497 e. The Balaban J connectivity index is 1.67. The molecule has 0 unspecified atom stereocenters. The van der Waals surface area contributed by atoms with E-state index in [2.05, 4.69) is 9.97 Å². The van der Waals surface area contributed by atoms with E-state index < -0.39 is 21.1 Å². The maximum atomic E-state index is 12.6. The maximum Gasteiger partial charge on any atom is 0.497 e. The van der Waals surface area contributed by atoms with E-state index in [4.69, 9.17) is 11.6 Å². The standard InChI is InChI=1S/C20H12ClF3N2O2S2/c21-16-9-12(11-30(27,28)20(22,23)24)5-6-15(16)18-10-29-19(26-18)14-7-8-25-17-4-2-1-3-13(14)17/h1-10H,11H2. The summed E-state index contributed by atoms with van der Waals surface area (Å²) in [6, 6.07) is 13.5. The van der Waals surface area contributed by atoms with Crippen molar-refractivity contribution in [3.63, 3.8) is 0 Å². The molecule has 0 fully saturated rings. The molecule has 4 rings (SSSR count). The van der Waals surface area contributed by atoms with Crippen LogP contribution in [0.15, 0.2) is 60.1 Å². The number of hydrogen-bond donors (Lipinski definition) is 0. The van der Waals surface area contributed by atoms with Crippen molar-refractivity contribution < 1.29 is 21.6 Å². The van der Waals surface area contributed by atoms with Crippen LogP contribution in [0.3, 0.4) is 0 Å². The summed E-state index contributed by atoms with van der Waals surface area (Å²) in [5.74, 6) is -1.16. The van der Waals surface area contributed by atoms with Gasteiger partial charge in [-0.1, -0.05) is 41.9 Å². The van der Waals surface area contributed by atoms with Crippen LogP contribution in [-0.4, -0.2) is 23.9 Å². The van der Waals surface area contributed by atoms with Gasteiger partial charge in [0.05, 0.1) is 22.0 Å². The molecular formula is C20H12ClF3N2O2S2. The van der Waals surface area contributed by atoms with E-state index in [1.165, 1.54) is 29.5 Å². The second-order valence-corrected chi connectivity index (χ2v) is 9.68. The summed E-state index contributed by atoms with van der Waals surface area (Å²) in [5, 5.41) is 3.60. The molecule has 0 aliphatic carbocycles. The lowest BCUT2D eigenvalue weighted by atomic mass is 10.1. The Kier molecular flexibility index (Phi) is 5.29. The lowest BCUT2D eigenvalue weighted by molar-refractivity contribution is -0.0437. The fourth-order valence-corrected chi connectivity index (χ4v) is 4.90. The van der Waals surface area contributed by atoms with Gasteiger partial charge in [0.25, 0.3) is 9.84 Å². The fraction of sp³-hybridized carbons (Fsp3) is 0.100. The van der Waals surface area contributed by atoms with Gasteiger partial charge in [-0.3, -0.25) is 4.98 Å². The van der Waals surface area contributed by atoms with Crippen LogP contribution in [0.1, 0.15) is 5.56 Å². The van der Waals surface area contributed by atoms with Crippen molar-refractivity contribution in [1.29, 1.82) is 0 Å². The zero-order valence-corrected chi connectivity index (χ0v) is 17.4. The number of sulfone groups is 1. The number of halogens is 4. The van der Waals surface area contributed by atoms with Gasteiger partial charge in [0.2, 0.25) is 0 Å². The minimum atomic E-state index is -5.31. The normalized spacial score (nSPS) is 12.4. The number of fused-ring (bicyclic) bond motifs is 1. The van der Waals surface area contributed by atoms with Gasteiger partial charge < -0.3 is 0 Å². The third-order valence-electron chi connectivity index (χ3n) is 4.40. The van der Waals surface area contributed by atoms with Crippen molar-refractivity contribution in [3.8, 4) is 21.8 Å². The maximum absolute atomic E-state index is 12.6. The minimum absolute atomic E-state index is 0.0448. The number of alkyl halides is 3. The van der Waals surface area contributed by atoms with Crippen molar-refractivity contribution in [1.82, 2.24) is 9.97 Å². The molecule has 2 heterocycles. The molecule has 0 saturated heterocycles. The topological polar surface area (TPSA) is 59.9 Å². The molecule has 0 N–H and O–H groups in total. The van der Waals surface area contributed by atoms with Crippen molar-refractivity contribution in [3.05, 3.63) is 70.7 Å². The first-order chi connectivity index (χ1) is 14.2. The van der Waals surface area contributed by atoms with E-state index in [0.29, 0.717) is 11.3 Å². The van der Waals surface area contributed by atoms with Crippen molar-refractivity contribution in [2.45, 2.75) is 11.3 Å². The number of aromatic nitrogens is 2. The highest BCUT2D eigenvalue weighted by Gasteiger charge is 2.45. The first-order valence-corrected chi connectivity index (χ1v) is 11.4. The summed E-state index contributed by atoms with van der Waals surface area (Å²) >= 11 is 7.63. The van der Waals surface area contributed by atoms with Crippen molar-refractivity contribution in [2.24, 2.45) is 0 Å². The number of nitrogens with zero attached hydrogens (tertiary/aromatic N) is 2. The van der Waals surface area contributed by atoms with E-state index in [9.17, 15) is 21.6 Å². The third kappa shape index (κ3) is 3.92. The van der Waals surface area contributed by atoms with Crippen LogP contribution < -0.4 is 0 Å². The van der Waals surface area contributed by atoms with Crippen molar-refractivity contribution >= 4 is 43.7 Å². The van der Waals surface area contributed by atoms with Crippen LogP contribution in [0.5, 0.6) is 0 Å². The molecule has 0 bridgehead atoms. The Morgan fingerprint density at radius 2 is 1.80 bits per heavy atom. The minimum Gasteiger partial charge on any atom is -0.256 e. The number of pyridine rings is 1. The molecule has 30 heavy (non-hydrogen) atoms. The summed E-state index contributed by atoms with van der Waals surface area (Å²) in [5.41, 5.74) is -2.57. The number of benzene rings is 2. The molecule has 0 saturated carbocycles. The summed E-state index contributed by atoms with van der Waals surface area (Å²) in [7, 11) is -5.28. The van der Waals surface area contributed by atoms with Gasteiger partial charge in [0.1, 0.15) is 5.01 Å². The van der Waals surface area contributed by atoms with Crippen molar-refractivity contribution in [2.75, 3.05) is 0 Å². The molecule has 0 spiro atoms. The molecule has 0 aliphatic heterocycles. The molecule has 0 amide bonds. The Morgan fingerprint density at radius 1 is 1.03 bits per heavy atom. The van der Waals surface area contributed by atoms with Crippen LogP contribution in [-0.2, 0) is 15.6 Å². The van der Waals surface area contributed by atoms with E-state index in [1.807, 2.05) is 30.3 Å². The average molecular weight is 469 g/mol. The Bertz CT molecular complexity index is 1350. The van der Waals surface area contributed by atoms with Crippen LogP contribution in [0.25, 0.3) is 32.7 Å². The molecule has 0 atom stereocenters. The SMILES string of the molecule is O=S(=O)(Cc1ccc(-c2csc(-c3ccnc4ccccc34)n2)c(Cl)c1)C(F)(F)F. The number of thiazole rings is 1. The highest BCUT2D eigenvalue weighted by Crippen LogP contribution is 2.36. The summed E-state index contributed by atoms with van der Waals surface area (Å²) in [6.07, 6.45) is 1.70. The van der Waals surface area contributed by atoms with Crippen LogP contribution >= 0.6 is 22.9 Å². The zero-order chi connectivity index (χ0) is 21.5. The molecule has 4 nitrogen and oxygen atoms in total. The molecule has 0 aliphatic rings. The van der Waals surface area contributed by atoms with E-state index in [-0.39, 0.29) is 10.6 Å². The van der Waals surface area contributed by atoms with Crippen LogP contribution in [0, 0.1) is 0 Å². The molecule has 10 heteroatoms. The number of hydrogen-bond acceptors (Lipinski definition) is 5. The van der Waals surface area contributed by atoms with E-state index in [0.717, 1.165) is 21.5 Å². The Labute approximate surface area is 178 Å². The first kappa shape index (κ1) is 20.8. The number of para-hydroxylation sites is 1. The predicted octanol–water partition coefficient (Wildman–Crippen LogP) is 6.11. The van der Waals surface area contributed by atoms with Gasteiger partial charge in [-0.2, -0.15) is 13.2 Å². The Hall–Kier alpha value is -2.49. The van der Waals surface area contributed by atoms with Gasteiger partial charge in [0, 0.05) is 28.1 Å². The monoisotopic (exact) mass is 468 g/mol. The van der Waals surface area contributed by atoms with Gasteiger partial charge in [-0.25, -0.2) is 13.4 Å². The Morgan fingerprint density at radius 3 is 2.53 bits per heavy atom. The van der Waals surface area contributed by atoms with Crippen LogP contribution in [0.2, 0.25) is 5.02 Å². The summed E-state index contributed by atoms with van der Waals surface area (Å²) in [6.45, 7) is 0. The second kappa shape index (κ2) is 7.64. The first-order valence-electron chi connectivity index (χ1n) is 8.53. The van der Waals surface area contributed by atoms with Gasteiger partial charge >= 0.3 is 5.51 Å². The van der Waals surface area contributed by atoms with Gasteiger partial charge in [-0.05, 0) is 23.8 Å². The van der Waals surface area contributed by atoms with E-state index in [1.54, 1.807) is 11.6 Å². The van der Waals surface area contributed by atoms with Gasteiger partial charge in [-0.15, -0.1) is 11.3 Å². The summed E-state index contributed by atoms with van der Waals surface area (Å²) in [4.78, 5) is 8.94. The lowest BCUT2D eigenvalue weighted by Crippen LogP contribution is -2.24. The average Bonchev–Trinajstić information content (AvgIpc) is 3.16. The van der Waals surface area contributed by atoms with Crippen LogP contribution in [0.4, 0.5) is 13.2 Å². The quantitative estimate of drug-likeness (QED) is 0.362. The number of rotatable bonds is 4. The smallest absolute Gasteiger partial charge is 0.256 e. The summed E-state index contributed by atoms with van der Waals surface area (Å²) < 4.78 is 60.6. The molecular weight excluding hydrogens is 457 g/mol. The predicted molar refractivity (Wildman–Crippen MR) is 112 cm³/mol. The van der Waals surface area contributed by atoms with E-state index >= 15 is 0 Å². The highest BCUT2D eigenvalue weighted by molar-refractivity contribution is 7.91. The molecule has 4 aromatic rings. The molecule has 2 aromatic carbocycles. The van der Waals surface area contributed by atoms with Gasteiger partial charge in [0.15, 0.2) is 0 Å². The second-order valence-electron chi connectivity index (χ2n) is 6.43. The molecule has 154 valence electrons. The zero-order valence-electron chi connectivity index (χ0n) is 15.0. The fourth-order valence-electron chi connectivity index (χ4n) is 2.96.